The molecule has 1 unspecified atom stereocenters. The monoisotopic (exact) mass is 291 g/mol. The normalized spacial score (nSPS) is 19.2. The van der Waals surface area contributed by atoms with Gasteiger partial charge in [0.1, 0.15) is 5.75 Å². The summed E-state index contributed by atoms with van der Waals surface area (Å²) in [7, 11) is 1.72. The Kier molecular flexibility index (Phi) is 5.65. The van der Waals surface area contributed by atoms with E-state index in [0.717, 1.165) is 31.6 Å². The lowest BCUT2D eigenvalue weighted by atomic mass is 9.77. The van der Waals surface area contributed by atoms with Gasteiger partial charge in [0.05, 0.1) is 12.7 Å². The van der Waals surface area contributed by atoms with Crippen LogP contribution in [0.1, 0.15) is 50.2 Å². The van der Waals surface area contributed by atoms with Crippen molar-refractivity contribution >= 4 is 0 Å². The van der Waals surface area contributed by atoms with Gasteiger partial charge in [-0.15, -0.1) is 0 Å². The Morgan fingerprint density at radius 2 is 1.95 bits per heavy atom. The van der Waals surface area contributed by atoms with Crippen LogP contribution in [0.4, 0.5) is 0 Å². The van der Waals surface area contributed by atoms with E-state index in [1.54, 1.807) is 7.11 Å². The molecule has 21 heavy (non-hydrogen) atoms. The molecule has 1 aliphatic carbocycles. The molecule has 0 aromatic heterocycles. The van der Waals surface area contributed by atoms with Crippen LogP contribution in [0.2, 0.25) is 0 Å². The first-order valence-electron chi connectivity index (χ1n) is 8.14. The fourth-order valence-corrected chi connectivity index (χ4v) is 3.55. The molecule has 1 saturated carbocycles. The predicted molar refractivity (Wildman–Crippen MR) is 86.9 cm³/mol. The van der Waals surface area contributed by atoms with Gasteiger partial charge in [-0.1, -0.05) is 37.0 Å². The maximum Gasteiger partial charge on any atom is 0.122 e. The number of ether oxygens (including phenoxy) is 2. The molecule has 0 amide bonds. The highest BCUT2D eigenvalue weighted by molar-refractivity contribution is 5.37. The van der Waals surface area contributed by atoms with Gasteiger partial charge in [-0.2, -0.15) is 0 Å². The molecule has 1 aromatic carbocycles. The molecule has 0 heterocycles. The lowest BCUT2D eigenvalue weighted by Crippen LogP contribution is -2.52. The fraction of sp³-hybridized carbons (Fsp3) is 0.667. The third-order valence-corrected chi connectivity index (χ3v) is 4.68. The number of nitrogens with two attached hydrogens (primary N) is 1. The van der Waals surface area contributed by atoms with Crippen molar-refractivity contribution in [3.05, 3.63) is 29.3 Å². The second kappa shape index (κ2) is 7.28. The Balaban J connectivity index is 2.18. The van der Waals surface area contributed by atoms with Crippen molar-refractivity contribution in [1.29, 1.82) is 0 Å². The number of aryl methyl sites for hydroxylation is 1. The maximum atomic E-state index is 6.59. The van der Waals surface area contributed by atoms with Crippen molar-refractivity contribution in [3.63, 3.8) is 0 Å². The quantitative estimate of drug-likeness (QED) is 0.870. The predicted octanol–water partition coefficient (Wildman–Crippen LogP) is 3.61. The van der Waals surface area contributed by atoms with Gasteiger partial charge in [-0.3, -0.25) is 0 Å². The highest BCUT2D eigenvalue weighted by atomic mass is 16.5. The summed E-state index contributed by atoms with van der Waals surface area (Å²) in [6.07, 6.45) is 6.71. The maximum absolute atomic E-state index is 6.59. The van der Waals surface area contributed by atoms with Crippen LogP contribution in [0.25, 0.3) is 0 Å². The highest BCUT2D eigenvalue weighted by Crippen LogP contribution is 2.36. The average molecular weight is 291 g/mol. The molecule has 2 N–H and O–H groups in total. The third-order valence-electron chi connectivity index (χ3n) is 4.68. The summed E-state index contributed by atoms with van der Waals surface area (Å²) in [6, 6.07) is 6.31. The van der Waals surface area contributed by atoms with Gasteiger partial charge in [0.2, 0.25) is 0 Å². The third kappa shape index (κ3) is 3.78. The van der Waals surface area contributed by atoms with E-state index >= 15 is 0 Å². The van der Waals surface area contributed by atoms with Crippen LogP contribution < -0.4 is 10.5 Å². The molecule has 1 atom stereocenters. The minimum atomic E-state index is -0.151. The Morgan fingerprint density at radius 1 is 1.24 bits per heavy atom. The SMILES string of the molecule is CCOC1(C(N)Cc2cc(C)ccc2OC)CCCCC1. The first-order valence-corrected chi connectivity index (χ1v) is 8.14. The smallest absolute Gasteiger partial charge is 0.122 e. The van der Waals surface area contributed by atoms with Gasteiger partial charge in [-0.25, -0.2) is 0 Å². The number of hydrogen-bond donors (Lipinski definition) is 1. The molecule has 0 aliphatic heterocycles. The Hall–Kier alpha value is -1.06. The van der Waals surface area contributed by atoms with Gasteiger partial charge >= 0.3 is 0 Å². The van der Waals surface area contributed by atoms with E-state index < -0.39 is 0 Å². The molecule has 3 heteroatoms. The molecule has 0 bridgehead atoms. The van der Waals surface area contributed by atoms with Crippen LogP contribution in [-0.4, -0.2) is 25.4 Å². The summed E-state index contributed by atoms with van der Waals surface area (Å²) in [5.74, 6) is 0.929. The molecule has 0 spiro atoms. The minimum absolute atomic E-state index is 0.0217. The zero-order valence-electron chi connectivity index (χ0n) is 13.7. The fourth-order valence-electron chi connectivity index (χ4n) is 3.55. The number of benzene rings is 1. The molecule has 0 radical (unpaired) electrons. The van der Waals surface area contributed by atoms with Crippen molar-refractivity contribution in [2.45, 2.75) is 64.0 Å². The summed E-state index contributed by atoms with van der Waals surface area (Å²) in [5, 5.41) is 0. The molecule has 1 aromatic rings. The summed E-state index contributed by atoms with van der Waals surface area (Å²) in [4.78, 5) is 0. The van der Waals surface area contributed by atoms with Crippen LogP contribution in [0.5, 0.6) is 5.75 Å². The van der Waals surface area contributed by atoms with Crippen molar-refractivity contribution in [2.75, 3.05) is 13.7 Å². The molecular formula is C18H29NO2. The van der Waals surface area contributed by atoms with E-state index in [1.165, 1.54) is 30.4 Å². The van der Waals surface area contributed by atoms with Crippen molar-refractivity contribution in [2.24, 2.45) is 5.73 Å². The second-order valence-corrected chi connectivity index (χ2v) is 6.18. The molecule has 2 rings (SSSR count). The van der Waals surface area contributed by atoms with Gasteiger partial charge in [0.15, 0.2) is 0 Å². The zero-order chi connectivity index (χ0) is 15.3. The molecule has 1 aliphatic rings. The van der Waals surface area contributed by atoms with Crippen LogP contribution >= 0.6 is 0 Å². The van der Waals surface area contributed by atoms with Crippen molar-refractivity contribution in [3.8, 4) is 5.75 Å². The Morgan fingerprint density at radius 3 is 2.57 bits per heavy atom. The van der Waals surface area contributed by atoms with E-state index in [1.807, 2.05) is 6.07 Å². The number of hydrogen-bond acceptors (Lipinski definition) is 3. The largest absolute Gasteiger partial charge is 0.496 e. The van der Waals surface area contributed by atoms with Gasteiger partial charge in [0, 0.05) is 12.6 Å². The van der Waals surface area contributed by atoms with E-state index in [2.05, 4.69) is 26.0 Å². The van der Waals surface area contributed by atoms with Gasteiger partial charge in [-0.05, 0) is 44.7 Å². The molecular weight excluding hydrogens is 262 g/mol. The highest BCUT2D eigenvalue weighted by Gasteiger charge is 2.38. The summed E-state index contributed by atoms with van der Waals surface area (Å²) >= 11 is 0. The average Bonchev–Trinajstić information content (AvgIpc) is 2.49. The lowest BCUT2D eigenvalue weighted by Gasteiger charge is -2.42. The van der Waals surface area contributed by atoms with Crippen LogP contribution in [0.15, 0.2) is 18.2 Å². The van der Waals surface area contributed by atoms with Crippen LogP contribution in [0.3, 0.4) is 0 Å². The zero-order valence-corrected chi connectivity index (χ0v) is 13.7. The lowest BCUT2D eigenvalue weighted by molar-refractivity contribution is -0.0818. The van der Waals surface area contributed by atoms with E-state index in [-0.39, 0.29) is 11.6 Å². The number of methoxy groups -OCH3 is 1. The summed E-state index contributed by atoms with van der Waals surface area (Å²) < 4.78 is 11.6. The van der Waals surface area contributed by atoms with Crippen molar-refractivity contribution < 1.29 is 9.47 Å². The molecule has 1 fully saturated rings. The first kappa shape index (κ1) is 16.3. The van der Waals surface area contributed by atoms with E-state index in [0.29, 0.717) is 0 Å². The summed E-state index contributed by atoms with van der Waals surface area (Å²) in [6.45, 7) is 4.91. The van der Waals surface area contributed by atoms with Crippen LogP contribution in [0, 0.1) is 6.92 Å². The minimum Gasteiger partial charge on any atom is -0.496 e. The summed E-state index contributed by atoms with van der Waals surface area (Å²) in [5.41, 5.74) is 8.88. The molecule has 118 valence electrons. The van der Waals surface area contributed by atoms with E-state index in [4.69, 9.17) is 15.2 Å². The van der Waals surface area contributed by atoms with Crippen molar-refractivity contribution in [1.82, 2.24) is 0 Å². The topological polar surface area (TPSA) is 44.5 Å². The first-order chi connectivity index (χ1) is 10.1. The van der Waals surface area contributed by atoms with Gasteiger partial charge < -0.3 is 15.2 Å². The van der Waals surface area contributed by atoms with Crippen LogP contribution in [-0.2, 0) is 11.2 Å². The molecule has 0 saturated heterocycles. The van der Waals surface area contributed by atoms with E-state index in [9.17, 15) is 0 Å². The standard InChI is InChI=1S/C18H29NO2/c1-4-21-18(10-6-5-7-11-18)17(19)13-15-12-14(2)8-9-16(15)20-3/h8-9,12,17H,4-7,10-11,13,19H2,1-3H3. The molecule has 3 nitrogen and oxygen atoms in total. The Labute approximate surface area is 128 Å². The van der Waals surface area contributed by atoms with Gasteiger partial charge in [0.25, 0.3) is 0 Å². The number of rotatable bonds is 6. The Bertz CT molecular complexity index is 447. The second-order valence-electron chi connectivity index (χ2n) is 6.18.